The van der Waals surface area contributed by atoms with Crippen molar-refractivity contribution in [3.8, 4) is 11.8 Å². The highest BCUT2D eigenvalue weighted by Crippen LogP contribution is 2.08. The highest BCUT2D eigenvalue weighted by atomic mass is 35.5. The highest BCUT2D eigenvalue weighted by molar-refractivity contribution is 5.85. The molecule has 2 aliphatic heterocycles. The summed E-state index contributed by atoms with van der Waals surface area (Å²) in [6, 6.07) is -0.291. The van der Waals surface area contributed by atoms with Gasteiger partial charge in [0.05, 0.1) is 19.1 Å². The van der Waals surface area contributed by atoms with Crippen LogP contribution in [0.25, 0.3) is 0 Å². The molecule has 0 bridgehead atoms. The normalized spacial score (nSPS) is 23.1. The molecule has 104 valence electrons. The Hall–Kier alpha value is -0.470. The summed E-state index contributed by atoms with van der Waals surface area (Å²) in [7, 11) is 0. The fraction of sp³-hybridized carbons (Fsp3) is 0.750. The SMILES string of the molecule is Cl.Cl.N[C@H]1CCN(CC#CCN2CCCC2)C1=O. The van der Waals surface area contributed by atoms with Gasteiger partial charge in [-0.2, -0.15) is 0 Å². The summed E-state index contributed by atoms with van der Waals surface area (Å²) in [4.78, 5) is 15.6. The third-order valence-electron chi connectivity index (χ3n) is 3.24. The Morgan fingerprint density at radius 1 is 1.11 bits per heavy atom. The van der Waals surface area contributed by atoms with E-state index in [0.717, 1.165) is 19.5 Å². The number of likely N-dealkylation sites (tertiary alicyclic amines) is 2. The molecule has 0 aromatic carbocycles. The zero-order chi connectivity index (χ0) is 11.4. The van der Waals surface area contributed by atoms with Gasteiger partial charge >= 0.3 is 0 Å². The average Bonchev–Trinajstić information content (AvgIpc) is 2.88. The van der Waals surface area contributed by atoms with Gasteiger partial charge in [-0.25, -0.2) is 0 Å². The van der Waals surface area contributed by atoms with Crippen LogP contribution in [0, 0.1) is 11.8 Å². The van der Waals surface area contributed by atoms with Gasteiger partial charge in [-0.05, 0) is 32.4 Å². The lowest BCUT2D eigenvalue weighted by Gasteiger charge is -2.12. The van der Waals surface area contributed by atoms with Crippen LogP contribution in [-0.4, -0.2) is 54.5 Å². The molecule has 2 N–H and O–H groups in total. The van der Waals surface area contributed by atoms with Crippen LogP contribution in [0.4, 0.5) is 0 Å². The minimum Gasteiger partial charge on any atom is -0.330 e. The lowest BCUT2D eigenvalue weighted by atomic mass is 10.3. The predicted octanol–water partition coefficient (Wildman–Crippen LogP) is 0.489. The molecule has 1 amide bonds. The minimum absolute atomic E-state index is 0. The zero-order valence-corrected chi connectivity index (χ0v) is 12.1. The lowest BCUT2D eigenvalue weighted by molar-refractivity contribution is -0.128. The summed E-state index contributed by atoms with van der Waals surface area (Å²) < 4.78 is 0. The van der Waals surface area contributed by atoms with Crippen molar-refractivity contribution in [2.45, 2.75) is 25.3 Å². The number of carbonyl (C=O) groups is 1. The number of amides is 1. The van der Waals surface area contributed by atoms with E-state index in [-0.39, 0.29) is 36.8 Å². The Kier molecular flexibility index (Phi) is 8.38. The van der Waals surface area contributed by atoms with Crippen molar-refractivity contribution in [3.05, 3.63) is 0 Å². The molecule has 18 heavy (non-hydrogen) atoms. The molecule has 2 heterocycles. The summed E-state index contributed by atoms with van der Waals surface area (Å²) in [5, 5.41) is 0. The summed E-state index contributed by atoms with van der Waals surface area (Å²) in [6.45, 7) is 4.48. The molecule has 0 aromatic rings. The maximum Gasteiger partial charge on any atom is 0.240 e. The monoisotopic (exact) mass is 293 g/mol. The first-order valence-corrected chi connectivity index (χ1v) is 6.00. The lowest BCUT2D eigenvalue weighted by Crippen LogP contribution is -2.34. The van der Waals surface area contributed by atoms with Crippen molar-refractivity contribution in [2.24, 2.45) is 5.73 Å². The third-order valence-corrected chi connectivity index (χ3v) is 3.24. The molecular formula is C12H21Cl2N3O. The molecule has 4 nitrogen and oxygen atoms in total. The summed E-state index contributed by atoms with van der Waals surface area (Å²) in [5.41, 5.74) is 5.62. The van der Waals surface area contributed by atoms with Crippen LogP contribution in [0.3, 0.4) is 0 Å². The molecule has 2 rings (SSSR count). The number of halogens is 2. The standard InChI is InChI=1S/C12H19N3O.2ClH/c13-11-5-10-15(12(11)16)9-4-3-8-14-6-1-2-7-14;;/h11H,1-2,5-10,13H2;2*1H/t11-;;/m0../s1. The fourth-order valence-electron chi connectivity index (χ4n) is 2.18. The molecule has 6 heteroatoms. The van der Waals surface area contributed by atoms with Crippen LogP contribution in [-0.2, 0) is 4.79 Å². The third kappa shape index (κ3) is 4.66. The first-order chi connectivity index (χ1) is 7.77. The average molecular weight is 294 g/mol. The van der Waals surface area contributed by atoms with E-state index in [1.807, 2.05) is 0 Å². The first kappa shape index (κ1) is 17.5. The molecule has 2 aliphatic rings. The smallest absolute Gasteiger partial charge is 0.240 e. The van der Waals surface area contributed by atoms with Gasteiger partial charge in [-0.3, -0.25) is 9.69 Å². The van der Waals surface area contributed by atoms with E-state index in [0.29, 0.717) is 6.54 Å². The Morgan fingerprint density at radius 3 is 2.28 bits per heavy atom. The number of carbonyl (C=O) groups excluding carboxylic acids is 1. The number of nitrogens with two attached hydrogens (primary N) is 1. The van der Waals surface area contributed by atoms with E-state index in [2.05, 4.69) is 16.7 Å². The number of nitrogens with zero attached hydrogens (tertiary/aromatic N) is 2. The van der Waals surface area contributed by atoms with Crippen LogP contribution in [0.2, 0.25) is 0 Å². The van der Waals surface area contributed by atoms with Crippen LogP contribution in [0.1, 0.15) is 19.3 Å². The van der Waals surface area contributed by atoms with Gasteiger partial charge in [-0.1, -0.05) is 11.8 Å². The van der Waals surface area contributed by atoms with E-state index in [1.54, 1.807) is 4.90 Å². The molecule has 0 radical (unpaired) electrons. The molecule has 0 aromatic heterocycles. The van der Waals surface area contributed by atoms with Crippen molar-refractivity contribution in [1.82, 2.24) is 9.80 Å². The largest absolute Gasteiger partial charge is 0.330 e. The van der Waals surface area contributed by atoms with Crippen molar-refractivity contribution < 1.29 is 4.79 Å². The molecule has 0 spiro atoms. The number of hydrogen-bond acceptors (Lipinski definition) is 3. The van der Waals surface area contributed by atoms with Gasteiger partial charge in [0.2, 0.25) is 5.91 Å². The van der Waals surface area contributed by atoms with Gasteiger partial charge in [0.25, 0.3) is 0 Å². The Labute approximate surface area is 121 Å². The minimum atomic E-state index is -0.291. The molecule has 2 saturated heterocycles. The molecule has 2 fully saturated rings. The van der Waals surface area contributed by atoms with Gasteiger partial charge in [0.1, 0.15) is 0 Å². The van der Waals surface area contributed by atoms with Crippen LogP contribution in [0.15, 0.2) is 0 Å². The Morgan fingerprint density at radius 2 is 1.72 bits per heavy atom. The molecule has 0 saturated carbocycles. The van der Waals surface area contributed by atoms with Crippen LogP contribution in [0.5, 0.6) is 0 Å². The second kappa shape index (κ2) is 8.60. The Balaban J connectivity index is 0.00000144. The quantitative estimate of drug-likeness (QED) is 0.754. The fourth-order valence-corrected chi connectivity index (χ4v) is 2.18. The van der Waals surface area contributed by atoms with Gasteiger partial charge in [-0.15, -0.1) is 24.8 Å². The van der Waals surface area contributed by atoms with Gasteiger partial charge in [0.15, 0.2) is 0 Å². The zero-order valence-electron chi connectivity index (χ0n) is 10.4. The summed E-state index contributed by atoms with van der Waals surface area (Å²) in [5.74, 6) is 6.25. The van der Waals surface area contributed by atoms with E-state index in [1.165, 1.54) is 25.9 Å². The van der Waals surface area contributed by atoms with Crippen molar-refractivity contribution >= 4 is 30.7 Å². The van der Waals surface area contributed by atoms with E-state index in [4.69, 9.17) is 5.73 Å². The number of rotatable bonds is 2. The second-order valence-electron chi connectivity index (χ2n) is 4.49. The van der Waals surface area contributed by atoms with Crippen LogP contribution < -0.4 is 5.73 Å². The maximum atomic E-state index is 11.5. The summed E-state index contributed by atoms with van der Waals surface area (Å²) >= 11 is 0. The highest BCUT2D eigenvalue weighted by Gasteiger charge is 2.27. The predicted molar refractivity (Wildman–Crippen MR) is 77.1 cm³/mol. The van der Waals surface area contributed by atoms with Gasteiger partial charge < -0.3 is 10.6 Å². The van der Waals surface area contributed by atoms with Crippen molar-refractivity contribution in [2.75, 3.05) is 32.7 Å². The van der Waals surface area contributed by atoms with E-state index >= 15 is 0 Å². The van der Waals surface area contributed by atoms with E-state index in [9.17, 15) is 4.79 Å². The summed E-state index contributed by atoms with van der Waals surface area (Å²) in [6.07, 6.45) is 3.36. The number of hydrogen-bond donors (Lipinski definition) is 1. The van der Waals surface area contributed by atoms with Crippen molar-refractivity contribution in [1.29, 1.82) is 0 Å². The molecule has 1 atom stereocenters. The van der Waals surface area contributed by atoms with E-state index < -0.39 is 0 Å². The molecule has 0 aliphatic carbocycles. The van der Waals surface area contributed by atoms with Gasteiger partial charge in [0, 0.05) is 6.54 Å². The molecular weight excluding hydrogens is 273 g/mol. The first-order valence-electron chi connectivity index (χ1n) is 6.00. The van der Waals surface area contributed by atoms with Crippen LogP contribution >= 0.6 is 24.8 Å². The molecule has 0 unspecified atom stereocenters. The second-order valence-corrected chi connectivity index (χ2v) is 4.49. The Bertz CT molecular complexity index is 321. The maximum absolute atomic E-state index is 11.5. The van der Waals surface area contributed by atoms with Crippen molar-refractivity contribution in [3.63, 3.8) is 0 Å². The topological polar surface area (TPSA) is 49.6 Å².